The molecule has 108 valence electrons. The summed E-state index contributed by atoms with van der Waals surface area (Å²) in [7, 11) is 0. The molecule has 2 amide bonds. The number of nitrogens with one attached hydrogen (secondary N) is 2. The number of hydrogen-bond donors (Lipinski definition) is 2. The van der Waals surface area contributed by atoms with Gasteiger partial charge in [0.25, 0.3) is 0 Å². The van der Waals surface area contributed by atoms with E-state index < -0.39 is 0 Å². The number of morpholine rings is 1. The molecule has 2 N–H and O–H groups in total. The van der Waals surface area contributed by atoms with E-state index in [1.165, 1.54) is 0 Å². The molecule has 2 aliphatic rings. The molecular weight excluding hydrogens is 246 g/mol. The third kappa shape index (κ3) is 4.47. The Hall–Kier alpha value is -1.14. The number of carbonyl (C=O) groups is 2. The second kappa shape index (κ2) is 7.45. The molecule has 0 radical (unpaired) electrons. The van der Waals surface area contributed by atoms with Crippen molar-refractivity contribution in [3.63, 3.8) is 0 Å². The van der Waals surface area contributed by atoms with Crippen LogP contribution in [0.1, 0.15) is 25.7 Å². The maximum Gasteiger partial charge on any atom is 0.237 e. The third-order valence-electron chi connectivity index (χ3n) is 3.63. The van der Waals surface area contributed by atoms with E-state index in [1.807, 2.05) is 0 Å². The molecule has 2 heterocycles. The molecule has 2 saturated heterocycles. The summed E-state index contributed by atoms with van der Waals surface area (Å²) < 4.78 is 5.20. The van der Waals surface area contributed by atoms with Gasteiger partial charge in [0.05, 0.1) is 19.3 Å². The van der Waals surface area contributed by atoms with Crippen LogP contribution < -0.4 is 10.6 Å². The zero-order valence-electron chi connectivity index (χ0n) is 11.3. The molecule has 2 rings (SSSR count). The minimum Gasteiger partial charge on any atom is -0.378 e. The summed E-state index contributed by atoms with van der Waals surface area (Å²) in [5.41, 5.74) is 0. The predicted octanol–water partition coefficient (Wildman–Crippen LogP) is -0.506. The first-order valence-electron chi connectivity index (χ1n) is 7.14. The van der Waals surface area contributed by atoms with E-state index in [-0.39, 0.29) is 17.9 Å². The fourth-order valence-corrected chi connectivity index (χ4v) is 2.46. The largest absolute Gasteiger partial charge is 0.378 e. The number of ether oxygens (including phenoxy) is 1. The van der Waals surface area contributed by atoms with Crippen LogP contribution in [0.2, 0.25) is 0 Å². The van der Waals surface area contributed by atoms with Gasteiger partial charge < -0.3 is 20.3 Å². The van der Waals surface area contributed by atoms with E-state index in [9.17, 15) is 9.59 Å². The molecule has 0 aliphatic carbocycles. The van der Waals surface area contributed by atoms with E-state index in [0.717, 1.165) is 25.8 Å². The summed E-state index contributed by atoms with van der Waals surface area (Å²) in [5, 5.41) is 6.04. The van der Waals surface area contributed by atoms with Gasteiger partial charge >= 0.3 is 0 Å². The monoisotopic (exact) mass is 269 g/mol. The number of piperidine rings is 1. The van der Waals surface area contributed by atoms with E-state index in [0.29, 0.717) is 39.3 Å². The van der Waals surface area contributed by atoms with Gasteiger partial charge in [0.15, 0.2) is 0 Å². The average molecular weight is 269 g/mol. The standard InChI is InChI=1S/C13H23N3O3/c17-12(16-7-9-19-10-8-16)4-6-15-13(18)11-3-1-2-5-14-11/h11,14H,1-10H2,(H,15,18)/t11-/m1/s1. The van der Waals surface area contributed by atoms with Crippen molar-refractivity contribution in [2.45, 2.75) is 31.7 Å². The Balaban J connectivity index is 1.62. The first-order valence-corrected chi connectivity index (χ1v) is 7.14. The smallest absolute Gasteiger partial charge is 0.237 e. The zero-order chi connectivity index (χ0) is 13.5. The van der Waals surface area contributed by atoms with Crippen LogP contribution in [0, 0.1) is 0 Å². The van der Waals surface area contributed by atoms with Crippen molar-refractivity contribution < 1.29 is 14.3 Å². The Morgan fingerprint density at radius 2 is 2.05 bits per heavy atom. The lowest BCUT2D eigenvalue weighted by molar-refractivity contribution is -0.135. The van der Waals surface area contributed by atoms with Crippen molar-refractivity contribution in [2.75, 3.05) is 39.4 Å². The van der Waals surface area contributed by atoms with Gasteiger partial charge in [0.2, 0.25) is 11.8 Å². The Morgan fingerprint density at radius 1 is 1.26 bits per heavy atom. The molecule has 6 heteroatoms. The summed E-state index contributed by atoms with van der Waals surface area (Å²) in [5.74, 6) is 0.120. The molecule has 0 unspecified atom stereocenters. The van der Waals surface area contributed by atoms with Gasteiger partial charge in [-0.1, -0.05) is 6.42 Å². The Morgan fingerprint density at radius 3 is 2.74 bits per heavy atom. The van der Waals surface area contributed by atoms with Gasteiger partial charge in [0.1, 0.15) is 0 Å². The van der Waals surface area contributed by atoms with Gasteiger partial charge in [-0.25, -0.2) is 0 Å². The molecule has 0 aromatic heterocycles. The van der Waals surface area contributed by atoms with Crippen LogP contribution in [0.4, 0.5) is 0 Å². The number of hydrogen-bond acceptors (Lipinski definition) is 4. The number of amides is 2. The number of nitrogens with zero attached hydrogens (tertiary/aromatic N) is 1. The normalized spacial score (nSPS) is 24.0. The van der Waals surface area contributed by atoms with Crippen LogP contribution in [0.3, 0.4) is 0 Å². The van der Waals surface area contributed by atoms with Crippen molar-refractivity contribution in [1.29, 1.82) is 0 Å². The molecule has 0 saturated carbocycles. The van der Waals surface area contributed by atoms with Gasteiger partial charge in [-0.05, 0) is 19.4 Å². The lowest BCUT2D eigenvalue weighted by atomic mass is 10.0. The molecule has 19 heavy (non-hydrogen) atoms. The molecule has 0 spiro atoms. The number of carbonyl (C=O) groups excluding carboxylic acids is 2. The highest BCUT2D eigenvalue weighted by Crippen LogP contribution is 2.06. The minimum absolute atomic E-state index is 0.0227. The molecule has 1 atom stereocenters. The fourth-order valence-electron chi connectivity index (χ4n) is 2.46. The van der Waals surface area contributed by atoms with E-state index in [1.54, 1.807) is 4.90 Å². The van der Waals surface area contributed by atoms with Crippen LogP contribution in [0.15, 0.2) is 0 Å². The molecule has 0 bridgehead atoms. The molecule has 2 aliphatic heterocycles. The van der Waals surface area contributed by atoms with Gasteiger partial charge in [0, 0.05) is 26.1 Å². The summed E-state index contributed by atoms with van der Waals surface area (Å²) in [6.07, 6.45) is 3.50. The van der Waals surface area contributed by atoms with Crippen LogP contribution in [-0.2, 0) is 14.3 Å². The highest BCUT2D eigenvalue weighted by Gasteiger charge is 2.21. The van der Waals surface area contributed by atoms with Crippen molar-refractivity contribution in [3.8, 4) is 0 Å². The van der Waals surface area contributed by atoms with Crippen molar-refractivity contribution in [3.05, 3.63) is 0 Å². The van der Waals surface area contributed by atoms with Crippen LogP contribution in [-0.4, -0.2) is 62.1 Å². The van der Waals surface area contributed by atoms with Gasteiger partial charge in [-0.3, -0.25) is 9.59 Å². The molecule has 0 aromatic carbocycles. The Kier molecular flexibility index (Phi) is 5.60. The summed E-state index contributed by atoms with van der Waals surface area (Å²) in [6.45, 7) is 3.89. The predicted molar refractivity (Wildman–Crippen MR) is 70.7 cm³/mol. The van der Waals surface area contributed by atoms with E-state index >= 15 is 0 Å². The summed E-state index contributed by atoms with van der Waals surface area (Å²) in [4.78, 5) is 25.5. The number of rotatable bonds is 4. The quantitative estimate of drug-likeness (QED) is 0.721. The van der Waals surface area contributed by atoms with Crippen LogP contribution in [0.25, 0.3) is 0 Å². The second-order valence-corrected chi connectivity index (χ2v) is 5.04. The first kappa shape index (κ1) is 14.3. The Bertz CT molecular complexity index is 280. The molecule has 6 nitrogen and oxygen atoms in total. The summed E-state index contributed by atoms with van der Waals surface area (Å²) in [6, 6.07) is -0.0766. The minimum atomic E-state index is -0.0766. The third-order valence-corrected chi connectivity index (χ3v) is 3.63. The van der Waals surface area contributed by atoms with Gasteiger partial charge in [-0.15, -0.1) is 0 Å². The van der Waals surface area contributed by atoms with Crippen molar-refractivity contribution >= 4 is 11.8 Å². The molecule has 2 fully saturated rings. The lowest BCUT2D eigenvalue weighted by Crippen LogP contribution is -2.47. The topological polar surface area (TPSA) is 70.7 Å². The molecule has 0 aromatic rings. The lowest BCUT2D eigenvalue weighted by Gasteiger charge is -2.27. The fraction of sp³-hybridized carbons (Fsp3) is 0.846. The highest BCUT2D eigenvalue weighted by molar-refractivity contribution is 5.82. The van der Waals surface area contributed by atoms with E-state index in [2.05, 4.69) is 10.6 Å². The SMILES string of the molecule is O=C(NCCC(=O)N1CCOCC1)[C@H]1CCCCN1. The first-order chi connectivity index (χ1) is 9.27. The van der Waals surface area contributed by atoms with Gasteiger partial charge in [-0.2, -0.15) is 0 Å². The molecular formula is C13H23N3O3. The Labute approximate surface area is 113 Å². The second-order valence-electron chi connectivity index (χ2n) is 5.04. The van der Waals surface area contributed by atoms with Crippen LogP contribution >= 0.6 is 0 Å². The highest BCUT2D eigenvalue weighted by atomic mass is 16.5. The maximum absolute atomic E-state index is 11.9. The zero-order valence-corrected chi connectivity index (χ0v) is 11.3. The maximum atomic E-state index is 11.9. The van der Waals surface area contributed by atoms with Crippen molar-refractivity contribution in [1.82, 2.24) is 15.5 Å². The van der Waals surface area contributed by atoms with Crippen molar-refractivity contribution in [2.24, 2.45) is 0 Å². The average Bonchev–Trinajstić information content (AvgIpc) is 2.49. The van der Waals surface area contributed by atoms with Crippen LogP contribution in [0.5, 0.6) is 0 Å². The van der Waals surface area contributed by atoms with E-state index in [4.69, 9.17) is 4.74 Å². The summed E-state index contributed by atoms with van der Waals surface area (Å²) >= 11 is 0.